The summed E-state index contributed by atoms with van der Waals surface area (Å²) in [6, 6.07) is 10.4. The molecule has 0 aliphatic rings. The minimum atomic E-state index is 0.106. The molecule has 0 atom stereocenters. The van der Waals surface area contributed by atoms with Crippen molar-refractivity contribution in [1.29, 1.82) is 0 Å². The first-order valence-corrected chi connectivity index (χ1v) is 6.21. The van der Waals surface area contributed by atoms with Gasteiger partial charge in [0.15, 0.2) is 0 Å². The smallest absolute Gasteiger partial charge is 0.0935 e. The van der Waals surface area contributed by atoms with E-state index in [4.69, 9.17) is 5.11 Å². The van der Waals surface area contributed by atoms with Crippen molar-refractivity contribution in [2.75, 3.05) is 0 Å². The van der Waals surface area contributed by atoms with E-state index in [-0.39, 0.29) is 6.61 Å². The van der Waals surface area contributed by atoms with Gasteiger partial charge in [-0.05, 0) is 18.9 Å². The quantitative estimate of drug-likeness (QED) is 0.880. The maximum Gasteiger partial charge on any atom is 0.0935 e. The Bertz CT molecular complexity index is 450. The Morgan fingerprint density at radius 3 is 2.56 bits per heavy atom. The van der Waals surface area contributed by atoms with Crippen LogP contribution in [0.5, 0.6) is 0 Å². The number of aromatic nitrogens is 1. The van der Waals surface area contributed by atoms with Gasteiger partial charge < -0.3 is 5.11 Å². The summed E-state index contributed by atoms with van der Waals surface area (Å²) in [4.78, 5) is 5.44. The topological polar surface area (TPSA) is 33.1 Å². The van der Waals surface area contributed by atoms with E-state index in [0.717, 1.165) is 28.4 Å². The zero-order chi connectivity index (χ0) is 11.4. The lowest BCUT2D eigenvalue weighted by Crippen LogP contribution is -1.90. The number of aryl methyl sites for hydroxylation is 3. The van der Waals surface area contributed by atoms with Gasteiger partial charge in [-0.25, -0.2) is 4.98 Å². The van der Waals surface area contributed by atoms with Gasteiger partial charge in [-0.3, -0.25) is 0 Å². The lowest BCUT2D eigenvalue weighted by atomic mass is 10.1. The van der Waals surface area contributed by atoms with Gasteiger partial charge >= 0.3 is 0 Å². The van der Waals surface area contributed by atoms with Crippen LogP contribution in [0, 0.1) is 6.92 Å². The molecule has 0 fully saturated rings. The van der Waals surface area contributed by atoms with Crippen molar-refractivity contribution in [3.63, 3.8) is 0 Å². The van der Waals surface area contributed by atoms with Crippen molar-refractivity contribution in [3.05, 3.63) is 51.5 Å². The first-order valence-electron chi connectivity index (χ1n) is 5.39. The fourth-order valence-corrected chi connectivity index (χ4v) is 2.57. The first kappa shape index (κ1) is 11.3. The number of thiazole rings is 1. The molecule has 3 heteroatoms. The van der Waals surface area contributed by atoms with Crippen molar-refractivity contribution in [3.8, 4) is 0 Å². The fraction of sp³-hybridized carbons (Fsp3) is 0.308. The molecule has 1 aromatic carbocycles. The number of hydrogen-bond donors (Lipinski definition) is 1. The predicted octanol–water partition coefficient (Wildman–Crippen LogP) is 2.73. The van der Waals surface area contributed by atoms with Crippen LogP contribution in [-0.4, -0.2) is 10.1 Å². The molecule has 0 saturated heterocycles. The number of rotatable bonds is 4. The summed E-state index contributed by atoms with van der Waals surface area (Å²) in [6.07, 6.45) is 1.97. The fourth-order valence-electron chi connectivity index (χ4n) is 1.64. The number of nitrogens with zero attached hydrogens (tertiary/aromatic N) is 1. The van der Waals surface area contributed by atoms with Gasteiger partial charge in [-0.2, -0.15) is 0 Å². The average molecular weight is 233 g/mol. The van der Waals surface area contributed by atoms with Gasteiger partial charge in [0.1, 0.15) is 0 Å². The maximum atomic E-state index is 9.09. The van der Waals surface area contributed by atoms with Crippen molar-refractivity contribution in [1.82, 2.24) is 4.98 Å². The lowest BCUT2D eigenvalue weighted by Gasteiger charge is -1.97. The minimum Gasteiger partial charge on any atom is -0.391 e. The van der Waals surface area contributed by atoms with Gasteiger partial charge in [0.05, 0.1) is 22.2 Å². The molecular weight excluding hydrogens is 218 g/mol. The Kier molecular flexibility index (Phi) is 3.70. The zero-order valence-electron chi connectivity index (χ0n) is 9.31. The second-order valence-corrected chi connectivity index (χ2v) is 4.93. The highest BCUT2D eigenvalue weighted by molar-refractivity contribution is 7.11. The van der Waals surface area contributed by atoms with Crippen molar-refractivity contribution < 1.29 is 5.11 Å². The molecule has 2 rings (SSSR count). The normalized spacial score (nSPS) is 10.6. The maximum absolute atomic E-state index is 9.09. The minimum absolute atomic E-state index is 0.106. The molecule has 84 valence electrons. The van der Waals surface area contributed by atoms with E-state index in [1.807, 2.05) is 13.0 Å². The highest BCUT2D eigenvalue weighted by Gasteiger charge is 2.06. The van der Waals surface area contributed by atoms with Gasteiger partial charge in [-0.1, -0.05) is 30.3 Å². The summed E-state index contributed by atoms with van der Waals surface area (Å²) in [6.45, 7) is 2.06. The van der Waals surface area contributed by atoms with E-state index in [0.29, 0.717) is 0 Å². The third-order valence-corrected chi connectivity index (χ3v) is 3.75. The van der Waals surface area contributed by atoms with Crippen LogP contribution in [0.3, 0.4) is 0 Å². The monoisotopic (exact) mass is 233 g/mol. The third-order valence-electron chi connectivity index (χ3n) is 2.55. The standard InChI is InChI=1S/C13H15NOS/c1-10-12(9-15)16-13(14-10)8-7-11-5-3-2-4-6-11/h2-6,15H,7-9H2,1H3. The predicted molar refractivity (Wildman–Crippen MR) is 66.6 cm³/mol. The van der Waals surface area contributed by atoms with Crippen LogP contribution >= 0.6 is 11.3 Å². The van der Waals surface area contributed by atoms with E-state index in [9.17, 15) is 0 Å². The second kappa shape index (κ2) is 5.23. The summed E-state index contributed by atoms with van der Waals surface area (Å²) in [5.74, 6) is 0. The van der Waals surface area contributed by atoms with Gasteiger partial charge in [0, 0.05) is 6.42 Å². The summed E-state index contributed by atoms with van der Waals surface area (Å²) >= 11 is 1.62. The molecule has 0 amide bonds. The van der Waals surface area contributed by atoms with Crippen molar-refractivity contribution in [2.24, 2.45) is 0 Å². The van der Waals surface area contributed by atoms with Crippen LogP contribution in [0.1, 0.15) is 21.1 Å². The third kappa shape index (κ3) is 2.68. The Hall–Kier alpha value is -1.19. The molecule has 16 heavy (non-hydrogen) atoms. The van der Waals surface area contributed by atoms with Crippen LogP contribution in [0.25, 0.3) is 0 Å². The number of aliphatic hydroxyl groups is 1. The number of aliphatic hydroxyl groups excluding tert-OH is 1. The Morgan fingerprint density at radius 1 is 1.19 bits per heavy atom. The summed E-state index contributed by atoms with van der Waals surface area (Å²) < 4.78 is 0. The molecule has 0 aliphatic heterocycles. The Morgan fingerprint density at radius 2 is 1.94 bits per heavy atom. The van der Waals surface area contributed by atoms with Crippen molar-refractivity contribution >= 4 is 11.3 Å². The summed E-state index contributed by atoms with van der Waals surface area (Å²) in [7, 11) is 0. The largest absolute Gasteiger partial charge is 0.391 e. The SMILES string of the molecule is Cc1nc(CCc2ccccc2)sc1CO. The van der Waals surface area contributed by atoms with Crippen molar-refractivity contribution in [2.45, 2.75) is 26.4 Å². The Balaban J connectivity index is 2.00. The molecule has 0 bridgehead atoms. The summed E-state index contributed by atoms with van der Waals surface area (Å²) in [5, 5.41) is 10.2. The van der Waals surface area contributed by atoms with E-state index in [1.165, 1.54) is 5.56 Å². The van der Waals surface area contributed by atoms with Gasteiger partial charge in [-0.15, -0.1) is 11.3 Å². The molecule has 0 aliphatic carbocycles. The molecule has 0 unspecified atom stereocenters. The second-order valence-electron chi connectivity index (χ2n) is 3.76. The summed E-state index contributed by atoms with van der Waals surface area (Å²) in [5.41, 5.74) is 2.30. The van der Waals surface area contributed by atoms with Gasteiger partial charge in [0.2, 0.25) is 0 Å². The van der Waals surface area contributed by atoms with Crippen LogP contribution in [0.4, 0.5) is 0 Å². The highest BCUT2D eigenvalue weighted by atomic mass is 32.1. The van der Waals surface area contributed by atoms with Crippen LogP contribution < -0.4 is 0 Å². The Labute approximate surface area is 99.6 Å². The molecule has 2 aromatic rings. The van der Waals surface area contributed by atoms with E-state index >= 15 is 0 Å². The highest BCUT2D eigenvalue weighted by Crippen LogP contribution is 2.19. The molecule has 0 radical (unpaired) electrons. The lowest BCUT2D eigenvalue weighted by molar-refractivity contribution is 0.284. The van der Waals surface area contributed by atoms with Crippen LogP contribution in [0.2, 0.25) is 0 Å². The first-order chi connectivity index (χ1) is 7.79. The number of hydrogen-bond acceptors (Lipinski definition) is 3. The van der Waals surface area contributed by atoms with Crippen LogP contribution in [0.15, 0.2) is 30.3 Å². The molecule has 2 nitrogen and oxygen atoms in total. The molecular formula is C13H15NOS. The number of benzene rings is 1. The average Bonchev–Trinajstić information content (AvgIpc) is 2.69. The molecule has 0 spiro atoms. The molecule has 0 saturated carbocycles. The van der Waals surface area contributed by atoms with E-state index in [1.54, 1.807) is 11.3 Å². The van der Waals surface area contributed by atoms with E-state index in [2.05, 4.69) is 29.2 Å². The van der Waals surface area contributed by atoms with Crippen LogP contribution in [-0.2, 0) is 19.4 Å². The molecule has 1 N–H and O–H groups in total. The van der Waals surface area contributed by atoms with E-state index < -0.39 is 0 Å². The zero-order valence-corrected chi connectivity index (χ0v) is 10.1. The molecule has 1 heterocycles. The van der Waals surface area contributed by atoms with Gasteiger partial charge in [0.25, 0.3) is 0 Å². The molecule has 1 aromatic heterocycles.